The number of hydrogen-bond donors (Lipinski definition) is 0. The first-order chi connectivity index (χ1) is 12.7. The van der Waals surface area contributed by atoms with Gasteiger partial charge in [-0.25, -0.2) is 13.1 Å². The minimum atomic E-state index is -3.38. The monoisotopic (exact) mass is 390 g/mol. The number of amides is 1. The van der Waals surface area contributed by atoms with E-state index in [0.29, 0.717) is 25.9 Å². The van der Waals surface area contributed by atoms with Crippen LogP contribution >= 0.6 is 0 Å². The van der Waals surface area contributed by atoms with Crippen LogP contribution in [0.2, 0.25) is 0 Å². The van der Waals surface area contributed by atoms with E-state index in [1.807, 2.05) is 48.9 Å². The van der Waals surface area contributed by atoms with Crippen LogP contribution in [0.3, 0.4) is 0 Å². The molecular weight excluding hydrogens is 364 g/mol. The third-order valence-electron chi connectivity index (χ3n) is 5.13. The molecule has 0 aliphatic carbocycles. The van der Waals surface area contributed by atoms with Gasteiger partial charge in [0.15, 0.2) is 0 Å². The van der Waals surface area contributed by atoms with Crippen LogP contribution in [0.5, 0.6) is 0 Å². The fraction of sp³-hybridized carbons (Fsp3) is 0.474. The Balaban J connectivity index is 1.81. The SMILES string of the molecule is Cc1nn(-c2ccccc2)c(C)c1CN(C)C(=O)C1CCCN1S(C)(=O)=O. The van der Waals surface area contributed by atoms with Crippen LogP contribution in [-0.4, -0.2) is 59.2 Å². The minimum absolute atomic E-state index is 0.163. The van der Waals surface area contributed by atoms with Crippen LogP contribution in [0.25, 0.3) is 5.69 Å². The summed E-state index contributed by atoms with van der Waals surface area (Å²) in [5.41, 5.74) is 3.79. The van der Waals surface area contributed by atoms with Crippen LogP contribution in [0.4, 0.5) is 0 Å². The number of para-hydroxylation sites is 1. The van der Waals surface area contributed by atoms with Crippen molar-refractivity contribution >= 4 is 15.9 Å². The summed E-state index contributed by atoms with van der Waals surface area (Å²) in [6, 6.07) is 9.25. The normalized spacial score (nSPS) is 18.0. The summed E-state index contributed by atoms with van der Waals surface area (Å²) >= 11 is 0. The highest BCUT2D eigenvalue weighted by atomic mass is 32.2. The number of likely N-dealkylation sites (N-methyl/N-ethyl adjacent to an activating group) is 1. The van der Waals surface area contributed by atoms with E-state index in [9.17, 15) is 13.2 Å². The van der Waals surface area contributed by atoms with E-state index in [1.54, 1.807) is 11.9 Å². The highest BCUT2D eigenvalue weighted by Crippen LogP contribution is 2.24. The van der Waals surface area contributed by atoms with Crippen molar-refractivity contribution in [2.75, 3.05) is 19.8 Å². The van der Waals surface area contributed by atoms with Gasteiger partial charge in [-0.15, -0.1) is 0 Å². The van der Waals surface area contributed by atoms with Crippen LogP contribution in [-0.2, 0) is 21.4 Å². The minimum Gasteiger partial charge on any atom is -0.340 e. The second-order valence-electron chi connectivity index (χ2n) is 7.12. The molecule has 1 aromatic heterocycles. The zero-order valence-electron chi connectivity index (χ0n) is 16.2. The molecule has 1 aliphatic rings. The lowest BCUT2D eigenvalue weighted by Crippen LogP contribution is -2.46. The molecule has 8 heteroatoms. The molecule has 1 fully saturated rings. The van der Waals surface area contributed by atoms with Gasteiger partial charge < -0.3 is 4.90 Å². The maximum absolute atomic E-state index is 12.9. The fourth-order valence-electron chi connectivity index (χ4n) is 3.68. The molecule has 2 heterocycles. The second-order valence-corrected chi connectivity index (χ2v) is 9.06. The number of nitrogens with zero attached hydrogens (tertiary/aromatic N) is 4. The molecule has 3 rings (SSSR count). The highest BCUT2D eigenvalue weighted by Gasteiger charge is 2.38. The lowest BCUT2D eigenvalue weighted by Gasteiger charge is -2.26. The maximum Gasteiger partial charge on any atom is 0.241 e. The molecule has 1 atom stereocenters. The van der Waals surface area contributed by atoms with E-state index in [4.69, 9.17) is 0 Å². The molecule has 1 amide bonds. The average Bonchev–Trinajstić information content (AvgIpc) is 3.22. The number of rotatable bonds is 5. The fourth-order valence-corrected chi connectivity index (χ4v) is 4.80. The third kappa shape index (κ3) is 3.91. The third-order valence-corrected chi connectivity index (χ3v) is 6.42. The van der Waals surface area contributed by atoms with E-state index in [1.165, 1.54) is 4.31 Å². The summed E-state index contributed by atoms with van der Waals surface area (Å²) in [7, 11) is -1.66. The van der Waals surface area contributed by atoms with Crippen molar-refractivity contribution in [2.45, 2.75) is 39.3 Å². The smallest absolute Gasteiger partial charge is 0.241 e. The Bertz CT molecular complexity index is 937. The van der Waals surface area contributed by atoms with Crippen molar-refractivity contribution in [3.63, 3.8) is 0 Å². The lowest BCUT2D eigenvalue weighted by atomic mass is 10.1. The second kappa shape index (κ2) is 7.44. The van der Waals surface area contributed by atoms with Crippen LogP contribution in [0, 0.1) is 13.8 Å². The molecule has 146 valence electrons. The molecule has 27 heavy (non-hydrogen) atoms. The lowest BCUT2D eigenvalue weighted by molar-refractivity contribution is -0.133. The Hall–Kier alpha value is -2.19. The number of hydrogen-bond acceptors (Lipinski definition) is 4. The first-order valence-corrected chi connectivity index (χ1v) is 10.9. The molecule has 0 saturated carbocycles. The molecule has 0 bridgehead atoms. The standard InChI is InChI=1S/C19H26N4O3S/c1-14-17(15(2)23(20-14)16-9-6-5-7-10-16)13-21(3)19(24)18-11-8-12-22(18)27(4,25)26/h5-7,9-10,18H,8,11-13H2,1-4H3. The average molecular weight is 391 g/mol. The van der Waals surface area contributed by atoms with E-state index in [-0.39, 0.29) is 5.91 Å². The van der Waals surface area contributed by atoms with Crippen molar-refractivity contribution in [3.8, 4) is 5.69 Å². The molecule has 0 spiro atoms. The van der Waals surface area contributed by atoms with Crippen molar-refractivity contribution in [1.29, 1.82) is 0 Å². The van der Waals surface area contributed by atoms with Gasteiger partial charge in [0.05, 0.1) is 17.6 Å². The Morgan fingerprint density at radius 2 is 1.93 bits per heavy atom. The molecule has 1 unspecified atom stereocenters. The molecule has 1 aromatic carbocycles. The summed E-state index contributed by atoms with van der Waals surface area (Å²) in [6.07, 6.45) is 2.44. The van der Waals surface area contributed by atoms with Crippen molar-refractivity contribution in [1.82, 2.24) is 19.0 Å². The van der Waals surface area contributed by atoms with E-state index >= 15 is 0 Å². The predicted octanol–water partition coefficient (Wildman–Crippen LogP) is 1.87. The van der Waals surface area contributed by atoms with E-state index < -0.39 is 16.1 Å². The summed E-state index contributed by atoms with van der Waals surface area (Å²) in [5.74, 6) is -0.163. The van der Waals surface area contributed by atoms with Gasteiger partial charge in [0.1, 0.15) is 6.04 Å². The summed E-state index contributed by atoms with van der Waals surface area (Å²) in [6.45, 7) is 4.72. The Morgan fingerprint density at radius 3 is 2.56 bits per heavy atom. The van der Waals surface area contributed by atoms with Crippen LogP contribution in [0.15, 0.2) is 30.3 Å². The largest absolute Gasteiger partial charge is 0.340 e. The van der Waals surface area contributed by atoms with Gasteiger partial charge >= 0.3 is 0 Å². The van der Waals surface area contributed by atoms with Gasteiger partial charge in [0, 0.05) is 31.4 Å². The van der Waals surface area contributed by atoms with Crippen LogP contribution < -0.4 is 0 Å². The quantitative estimate of drug-likeness (QED) is 0.781. The van der Waals surface area contributed by atoms with Gasteiger partial charge in [0.25, 0.3) is 0 Å². The number of benzene rings is 1. The number of aromatic nitrogens is 2. The molecule has 0 radical (unpaired) electrons. The van der Waals surface area contributed by atoms with Gasteiger partial charge in [-0.2, -0.15) is 9.40 Å². The molecule has 1 aliphatic heterocycles. The van der Waals surface area contributed by atoms with Gasteiger partial charge in [-0.1, -0.05) is 18.2 Å². The van der Waals surface area contributed by atoms with E-state index in [0.717, 1.165) is 28.9 Å². The zero-order valence-corrected chi connectivity index (χ0v) is 17.0. The number of sulfonamides is 1. The molecule has 2 aromatic rings. The molecule has 0 N–H and O–H groups in total. The summed E-state index contributed by atoms with van der Waals surface area (Å²) in [5, 5.41) is 4.62. The van der Waals surface area contributed by atoms with Gasteiger partial charge in [-0.05, 0) is 38.8 Å². The predicted molar refractivity (Wildman–Crippen MR) is 104 cm³/mol. The summed E-state index contributed by atoms with van der Waals surface area (Å²) in [4.78, 5) is 14.5. The van der Waals surface area contributed by atoms with Crippen LogP contribution in [0.1, 0.15) is 29.8 Å². The van der Waals surface area contributed by atoms with Crippen molar-refractivity contribution in [2.24, 2.45) is 0 Å². The van der Waals surface area contributed by atoms with Crippen molar-refractivity contribution in [3.05, 3.63) is 47.3 Å². The first kappa shape index (κ1) is 19.6. The first-order valence-electron chi connectivity index (χ1n) is 9.02. The van der Waals surface area contributed by atoms with Crippen molar-refractivity contribution < 1.29 is 13.2 Å². The number of aryl methyl sites for hydroxylation is 1. The van der Waals surface area contributed by atoms with Gasteiger partial charge in [-0.3, -0.25) is 4.79 Å². The summed E-state index contributed by atoms with van der Waals surface area (Å²) < 4.78 is 27.1. The molecule has 7 nitrogen and oxygen atoms in total. The molecule has 1 saturated heterocycles. The molecular formula is C19H26N4O3S. The maximum atomic E-state index is 12.9. The zero-order chi connectivity index (χ0) is 19.8. The van der Waals surface area contributed by atoms with Gasteiger partial charge in [0.2, 0.25) is 15.9 Å². The number of carbonyl (C=O) groups is 1. The topological polar surface area (TPSA) is 75.5 Å². The number of carbonyl (C=O) groups excluding carboxylic acids is 1. The Kier molecular flexibility index (Phi) is 5.39. The highest BCUT2D eigenvalue weighted by molar-refractivity contribution is 7.88. The Morgan fingerprint density at radius 1 is 1.26 bits per heavy atom. The Labute approximate surface area is 160 Å². The van der Waals surface area contributed by atoms with E-state index in [2.05, 4.69) is 5.10 Å².